The van der Waals surface area contributed by atoms with E-state index in [-0.39, 0.29) is 0 Å². The third kappa shape index (κ3) is 4.04. The molecule has 0 aromatic heterocycles. The second kappa shape index (κ2) is 7.41. The summed E-state index contributed by atoms with van der Waals surface area (Å²) >= 11 is 3.60. The topological polar surface area (TPSA) is 15.3 Å². The van der Waals surface area contributed by atoms with Crippen molar-refractivity contribution in [2.24, 2.45) is 5.92 Å². The number of likely N-dealkylation sites (tertiary alicyclic amines) is 1. The molecule has 1 N–H and O–H groups in total. The molecule has 1 aromatic rings. The van der Waals surface area contributed by atoms with Crippen molar-refractivity contribution < 1.29 is 0 Å². The molecular formula is C16H25BrN2. The van der Waals surface area contributed by atoms with Gasteiger partial charge in [0.05, 0.1) is 0 Å². The van der Waals surface area contributed by atoms with Crippen molar-refractivity contribution in [2.45, 2.75) is 32.2 Å². The summed E-state index contributed by atoms with van der Waals surface area (Å²) in [5.41, 5.74) is 1.44. The predicted molar refractivity (Wildman–Crippen MR) is 85.4 cm³/mol. The second-order valence-corrected chi connectivity index (χ2v) is 6.50. The van der Waals surface area contributed by atoms with E-state index >= 15 is 0 Å². The van der Waals surface area contributed by atoms with Gasteiger partial charge in [0.2, 0.25) is 0 Å². The van der Waals surface area contributed by atoms with E-state index in [1.807, 2.05) is 0 Å². The number of hydrogen-bond donors (Lipinski definition) is 1. The Kier molecular flexibility index (Phi) is 5.86. The molecule has 2 nitrogen and oxygen atoms in total. The van der Waals surface area contributed by atoms with Crippen LogP contribution in [0.2, 0.25) is 0 Å². The van der Waals surface area contributed by atoms with Crippen LogP contribution in [0.3, 0.4) is 0 Å². The summed E-state index contributed by atoms with van der Waals surface area (Å²) in [5, 5.41) is 3.60. The third-order valence-electron chi connectivity index (χ3n) is 4.03. The first kappa shape index (κ1) is 15.0. The Bertz CT molecular complexity index is 394. The van der Waals surface area contributed by atoms with Crippen LogP contribution in [0, 0.1) is 5.92 Å². The zero-order chi connectivity index (χ0) is 13.7. The first-order chi connectivity index (χ1) is 9.22. The third-order valence-corrected chi connectivity index (χ3v) is 4.52. The molecule has 0 aliphatic carbocycles. The van der Waals surface area contributed by atoms with Gasteiger partial charge in [0, 0.05) is 10.5 Å². The number of piperidine rings is 1. The van der Waals surface area contributed by atoms with Crippen LogP contribution in [0.5, 0.6) is 0 Å². The normalized spacial score (nSPS) is 24.6. The summed E-state index contributed by atoms with van der Waals surface area (Å²) < 4.78 is 1.18. The van der Waals surface area contributed by atoms with Gasteiger partial charge in [-0.2, -0.15) is 0 Å². The van der Waals surface area contributed by atoms with Crippen LogP contribution in [-0.4, -0.2) is 31.6 Å². The quantitative estimate of drug-likeness (QED) is 0.828. The maximum absolute atomic E-state index is 3.60. The Morgan fingerprint density at radius 2 is 2.26 bits per heavy atom. The second-order valence-electron chi connectivity index (χ2n) is 5.59. The van der Waals surface area contributed by atoms with Gasteiger partial charge in [-0.25, -0.2) is 0 Å². The highest BCUT2D eigenvalue weighted by atomic mass is 79.9. The standard InChI is InChI=1S/C16H25BrN2/c1-3-9-18-12-14-7-5-10-19(2)16(14)13-6-4-8-15(17)11-13/h4,6,8,11,14,16,18H,3,5,7,9-10,12H2,1-2H3. The van der Waals surface area contributed by atoms with E-state index in [1.165, 1.54) is 35.8 Å². The summed E-state index contributed by atoms with van der Waals surface area (Å²) in [6.07, 6.45) is 3.86. The Balaban J connectivity index is 2.11. The molecule has 1 aromatic carbocycles. The SMILES string of the molecule is CCCNCC1CCCN(C)C1c1cccc(Br)c1. The summed E-state index contributed by atoms with van der Waals surface area (Å²) in [7, 11) is 2.26. The lowest BCUT2D eigenvalue weighted by molar-refractivity contribution is 0.119. The van der Waals surface area contributed by atoms with Gasteiger partial charge in [0.15, 0.2) is 0 Å². The van der Waals surface area contributed by atoms with Gasteiger partial charge in [0.1, 0.15) is 0 Å². The Morgan fingerprint density at radius 1 is 1.42 bits per heavy atom. The Morgan fingerprint density at radius 3 is 3.00 bits per heavy atom. The molecule has 1 heterocycles. The van der Waals surface area contributed by atoms with Crippen molar-refractivity contribution in [2.75, 3.05) is 26.7 Å². The van der Waals surface area contributed by atoms with Crippen molar-refractivity contribution in [3.8, 4) is 0 Å². The molecule has 2 atom stereocenters. The summed E-state index contributed by atoms with van der Waals surface area (Å²) in [6, 6.07) is 9.36. The van der Waals surface area contributed by atoms with E-state index in [9.17, 15) is 0 Å². The number of halogens is 1. The molecule has 3 heteroatoms. The zero-order valence-electron chi connectivity index (χ0n) is 12.0. The lowest BCUT2D eigenvalue weighted by Crippen LogP contribution is -2.40. The van der Waals surface area contributed by atoms with Crippen LogP contribution in [0.25, 0.3) is 0 Å². The fourth-order valence-electron chi connectivity index (χ4n) is 3.15. The molecule has 2 rings (SSSR count). The fourth-order valence-corrected chi connectivity index (χ4v) is 3.57. The Labute approximate surface area is 125 Å². The van der Waals surface area contributed by atoms with Gasteiger partial charge in [-0.3, -0.25) is 4.90 Å². The van der Waals surface area contributed by atoms with Crippen LogP contribution in [0.15, 0.2) is 28.7 Å². The number of nitrogens with one attached hydrogen (secondary N) is 1. The van der Waals surface area contributed by atoms with E-state index in [2.05, 4.69) is 64.4 Å². The van der Waals surface area contributed by atoms with E-state index in [0.29, 0.717) is 6.04 Å². The molecule has 19 heavy (non-hydrogen) atoms. The molecule has 1 saturated heterocycles. The largest absolute Gasteiger partial charge is 0.316 e. The average molecular weight is 325 g/mol. The molecule has 0 spiro atoms. The average Bonchev–Trinajstić information content (AvgIpc) is 2.39. The smallest absolute Gasteiger partial charge is 0.0385 e. The first-order valence-electron chi connectivity index (χ1n) is 7.38. The Hall–Kier alpha value is -0.380. The maximum Gasteiger partial charge on any atom is 0.0385 e. The zero-order valence-corrected chi connectivity index (χ0v) is 13.6. The lowest BCUT2D eigenvalue weighted by atomic mass is 9.85. The number of rotatable bonds is 5. The van der Waals surface area contributed by atoms with E-state index in [4.69, 9.17) is 0 Å². The van der Waals surface area contributed by atoms with Crippen molar-refractivity contribution in [3.63, 3.8) is 0 Å². The maximum atomic E-state index is 3.60. The van der Waals surface area contributed by atoms with Crippen LogP contribution in [-0.2, 0) is 0 Å². The summed E-state index contributed by atoms with van der Waals surface area (Å²) in [4.78, 5) is 2.52. The van der Waals surface area contributed by atoms with Crippen molar-refractivity contribution in [1.82, 2.24) is 10.2 Å². The molecule has 1 fully saturated rings. The molecule has 2 unspecified atom stereocenters. The monoisotopic (exact) mass is 324 g/mol. The van der Waals surface area contributed by atoms with Crippen molar-refractivity contribution in [3.05, 3.63) is 34.3 Å². The van der Waals surface area contributed by atoms with Gasteiger partial charge < -0.3 is 5.32 Å². The highest BCUT2D eigenvalue weighted by Gasteiger charge is 2.30. The van der Waals surface area contributed by atoms with E-state index in [1.54, 1.807) is 0 Å². The number of benzene rings is 1. The van der Waals surface area contributed by atoms with Gasteiger partial charge in [-0.15, -0.1) is 0 Å². The molecule has 0 saturated carbocycles. The molecule has 1 aliphatic heterocycles. The minimum Gasteiger partial charge on any atom is -0.316 e. The lowest BCUT2D eigenvalue weighted by Gasteiger charge is -2.40. The molecule has 0 bridgehead atoms. The van der Waals surface area contributed by atoms with Crippen LogP contribution in [0.1, 0.15) is 37.8 Å². The van der Waals surface area contributed by atoms with Gasteiger partial charge in [-0.1, -0.05) is 35.0 Å². The molecule has 0 amide bonds. The van der Waals surface area contributed by atoms with Crippen molar-refractivity contribution in [1.29, 1.82) is 0 Å². The van der Waals surface area contributed by atoms with E-state index < -0.39 is 0 Å². The van der Waals surface area contributed by atoms with Crippen LogP contribution < -0.4 is 5.32 Å². The number of nitrogens with zero attached hydrogens (tertiary/aromatic N) is 1. The molecule has 106 valence electrons. The predicted octanol–water partition coefficient (Wildman–Crippen LogP) is 3.83. The van der Waals surface area contributed by atoms with Crippen LogP contribution >= 0.6 is 15.9 Å². The summed E-state index contributed by atoms with van der Waals surface area (Å²) in [5.74, 6) is 0.722. The molecule has 0 radical (unpaired) electrons. The minimum absolute atomic E-state index is 0.551. The van der Waals surface area contributed by atoms with E-state index in [0.717, 1.165) is 19.0 Å². The highest BCUT2D eigenvalue weighted by molar-refractivity contribution is 9.10. The molecular weight excluding hydrogens is 300 g/mol. The first-order valence-corrected chi connectivity index (χ1v) is 8.18. The van der Waals surface area contributed by atoms with Gasteiger partial charge in [0.25, 0.3) is 0 Å². The fraction of sp³-hybridized carbons (Fsp3) is 0.625. The highest BCUT2D eigenvalue weighted by Crippen LogP contribution is 2.35. The van der Waals surface area contributed by atoms with Gasteiger partial charge in [-0.05, 0) is 69.6 Å². The minimum atomic E-state index is 0.551. The summed E-state index contributed by atoms with van der Waals surface area (Å²) in [6.45, 7) is 5.70. The van der Waals surface area contributed by atoms with Crippen LogP contribution in [0.4, 0.5) is 0 Å². The number of hydrogen-bond acceptors (Lipinski definition) is 2. The molecule has 1 aliphatic rings. The van der Waals surface area contributed by atoms with Crippen molar-refractivity contribution >= 4 is 15.9 Å². The van der Waals surface area contributed by atoms with Gasteiger partial charge >= 0.3 is 0 Å².